The van der Waals surface area contributed by atoms with E-state index in [9.17, 15) is 9.59 Å². The zero-order valence-corrected chi connectivity index (χ0v) is 21.6. The van der Waals surface area contributed by atoms with Crippen LogP contribution in [-0.2, 0) is 13.7 Å². The largest absolute Gasteiger partial charge is 0.468 e. The molecule has 1 aliphatic heterocycles. The molecule has 31 heavy (non-hydrogen) atoms. The highest BCUT2D eigenvalue weighted by Crippen LogP contribution is 2.53. The molecule has 0 saturated carbocycles. The highest BCUT2D eigenvalue weighted by atomic mass is 32.3. The molecule has 8 heteroatoms. The molecule has 0 atom stereocenters. The van der Waals surface area contributed by atoms with E-state index in [0.717, 1.165) is 45.6 Å². The zero-order valence-electron chi connectivity index (χ0n) is 20.7. The van der Waals surface area contributed by atoms with Gasteiger partial charge in [-0.1, -0.05) is 20.8 Å². The van der Waals surface area contributed by atoms with Crippen molar-refractivity contribution in [1.82, 2.24) is 15.1 Å². The number of hydrogen-bond acceptors (Lipinski definition) is 5. The first kappa shape index (κ1) is 27.4. The van der Waals surface area contributed by atoms with E-state index in [1.165, 1.54) is 17.0 Å². The smallest absolute Gasteiger partial charge is 0.324 e. The van der Waals surface area contributed by atoms with Gasteiger partial charge in [-0.2, -0.15) is 0 Å². The van der Waals surface area contributed by atoms with Crippen LogP contribution in [0.2, 0.25) is 0 Å². The predicted molar refractivity (Wildman–Crippen MR) is 130 cm³/mol. The van der Waals surface area contributed by atoms with E-state index in [-0.39, 0.29) is 10.8 Å². The Morgan fingerprint density at radius 2 is 1.87 bits per heavy atom. The van der Waals surface area contributed by atoms with Gasteiger partial charge in [0.1, 0.15) is 0 Å². The Morgan fingerprint density at radius 1 is 1.19 bits per heavy atom. The Labute approximate surface area is 190 Å². The summed E-state index contributed by atoms with van der Waals surface area (Å²) in [6, 6.07) is 0.160. The van der Waals surface area contributed by atoms with Gasteiger partial charge in [0.05, 0.1) is 13.2 Å². The van der Waals surface area contributed by atoms with Crippen LogP contribution in [0.25, 0.3) is 0 Å². The average molecular weight is 458 g/mol. The van der Waals surface area contributed by atoms with Gasteiger partial charge >= 0.3 is 6.03 Å². The van der Waals surface area contributed by atoms with E-state index in [2.05, 4.69) is 56.3 Å². The summed E-state index contributed by atoms with van der Waals surface area (Å²) in [5, 5.41) is 3.52. The Morgan fingerprint density at radius 3 is 2.32 bits per heavy atom. The van der Waals surface area contributed by atoms with Gasteiger partial charge in [-0.15, -0.1) is 10.3 Å². The summed E-state index contributed by atoms with van der Waals surface area (Å²) in [6.45, 7) is 17.5. The molecule has 0 bridgehead atoms. The van der Waals surface area contributed by atoms with Crippen molar-refractivity contribution in [2.45, 2.75) is 59.1 Å². The van der Waals surface area contributed by atoms with Crippen molar-refractivity contribution in [3.05, 3.63) is 23.0 Å². The lowest BCUT2D eigenvalue weighted by molar-refractivity contribution is -0.128. The van der Waals surface area contributed by atoms with Crippen molar-refractivity contribution < 1.29 is 18.5 Å². The first-order valence-electron chi connectivity index (χ1n) is 11.1. The zero-order chi connectivity index (χ0) is 23.7. The van der Waals surface area contributed by atoms with Crippen LogP contribution in [0.3, 0.4) is 0 Å². The van der Waals surface area contributed by atoms with Crippen LogP contribution < -0.4 is 5.32 Å². The second-order valence-electron chi connectivity index (χ2n) is 8.96. The second kappa shape index (κ2) is 12.4. The highest BCUT2D eigenvalue weighted by Gasteiger charge is 2.31. The van der Waals surface area contributed by atoms with Gasteiger partial charge in [-0.25, -0.2) is 4.79 Å². The number of ether oxygens (including phenoxy) is 1. The number of nitrogens with one attached hydrogen (secondary N) is 1. The molecule has 2 aliphatic rings. The van der Waals surface area contributed by atoms with Gasteiger partial charge < -0.3 is 19.1 Å². The summed E-state index contributed by atoms with van der Waals surface area (Å²) < 4.78 is 10.5. The molecule has 1 fully saturated rings. The lowest BCUT2D eigenvalue weighted by Gasteiger charge is -2.43. The summed E-state index contributed by atoms with van der Waals surface area (Å²) in [6.07, 6.45) is 8.55. The monoisotopic (exact) mass is 457 g/mol. The molecule has 1 aliphatic carbocycles. The fraction of sp³-hybridized carbons (Fsp3) is 0.739. The first-order valence-corrected chi connectivity index (χ1v) is 13.5. The van der Waals surface area contributed by atoms with Crippen molar-refractivity contribution >= 4 is 22.8 Å². The summed E-state index contributed by atoms with van der Waals surface area (Å²) in [7, 11) is -1.06. The molecule has 0 aromatic carbocycles. The molecule has 2 amide bonds. The molecule has 0 radical (unpaired) electrons. The van der Waals surface area contributed by atoms with E-state index in [1.54, 1.807) is 6.92 Å². The van der Waals surface area contributed by atoms with Crippen molar-refractivity contribution in [1.29, 1.82) is 0 Å². The van der Waals surface area contributed by atoms with Crippen LogP contribution in [0.1, 0.15) is 54.4 Å². The minimum Gasteiger partial charge on any atom is -0.468 e. The number of carbonyl (C=O) groups excluding carboxylic acids is 2. The average Bonchev–Trinajstić information content (AvgIpc) is 3.06. The Bertz CT molecular complexity index is 668. The van der Waals surface area contributed by atoms with Gasteiger partial charge in [-0.3, -0.25) is 9.69 Å². The van der Waals surface area contributed by atoms with Gasteiger partial charge in [-0.05, 0) is 57.8 Å². The maximum Gasteiger partial charge on any atom is 0.324 e. The van der Waals surface area contributed by atoms with Crippen LogP contribution in [-0.4, -0.2) is 79.0 Å². The topological polar surface area (TPSA) is 71.1 Å². The molecule has 0 aromatic rings. The van der Waals surface area contributed by atoms with Gasteiger partial charge in [0.15, 0.2) is 0 Å². The van der Waals surface area contributed by atoms with Crippen LogP contribution in [0.15, 0.2) is 23.0 Å². The Kier molecular flexibility index (Phi) is 10.9. The Hall–Kier alpha value is -1.67. The van der Waals surface area contributed by atoms with Crippen molar-refractivity contribution in [2.75, 3.05) is 51.9 Å². The Balaban J connectivity index is 0.000000861. The maximum atomic E-state index is 12.4. The quantitative estimate of drug-likeness (QED) is 0.414. The first-order chi connectivity index (χ1) is 14.5. The lowest BCUT2D eigenvalue weighted by Crippen LogP contribution is -2.33. The molecule has 1 saturated heterocycles. The number of hydrogen-bond donors (Lipinski definition) is 1. The number of allylic oxidation sites excluding steroid dienone is 4. The fourth-order valence-corrected chi connectivity index (χ4v) is 4.04. The molecule has 1 N–H and O–H groups in total. The molecule has 1 heterocycles. The summed E-state index contributed by atoms with van der Waals surface area (Å²) in [5.74, 6) is 0. The second-order valence-corrected chi connectivity index (χ2v) is 12.9. The predicted octanol–water partition coefficient (Wildman–Crippen LogP) is 4.26. The molecule has 0 spiro atoms. The van der Waals surface area contributed by atoms with Crippen LogP contribution >= 0.6 is 10.3 Å². The lowest BCUT2D eigenvalue weighted by atomic mass is 10.0. The molecule has 2 rings (SSSR count). The van der Waals surface area contributed by atoms with Crippen LogP contribution in [0, 0.1) is 0 Å². The minimum absolute atomic E-state index is 0.160. The van der Waals surface area contributed by atoms with Gasteiger partial charge in [0.25, 0.3) is 6.47 Å². The van der Waals surface area contributed by atoms with Crippen LogP contribution in [0.5, 0.6) is 0 Å². The summed E-state index contributed by atoms with van der Waals surface area (Å²) >= 11 is 0. The number of nitrogens with zero attached hydrogens (tertiary/aromatic N) is 2. The molecular weight excluding hydrogens is 414 g/mol. The third-order valence-corrected chi connectivity index (χ3v) is 9.53. The number of amides is 2. The normalized spacial score (nSPS) is 17.8. The third kappa shape index (κ3) is 8.07. The minimum atomic E-state index is -1.06. The summed E-state index contributed by atoms with van der Waals surface area (Å²) in [4.78, 5) is 25.5. The number of carbonyl (C=O) groups is 2. The number of urea groups is 1. The van der Waals surface area contributed by atoms with E-state index >= 15 is 0 Å². The van der Waals surface area contributed by atoms with E-state index < -0.39 is 10.3 Å². The molecule has 180 valence electrons. The van der Waals surface area contributed by atoms with Crippen molar-refractivity contribution in [3.63, 3.8) is 0 Å². The van der Waals surface area contributed by atoms with Crippen molar-refractivity contribution in [3.8, 4) is 0 Å². The highest BCUT2D eigenvalue weighted by molar-refractivity contribution is 8.29. The van der Waals surface area contributed by atoms with Crippen molar-refractivity contribution in [2.24, 2.45) is 0 Å². The molecule has 7 nitrogen and oxygen atoms in total. The van der Waals surface area contributed by atoms with E-state index in [0.29, 0.717) is 13.1 Å². The van der Waals surface area contributed by atoms with Gasteiger partial charge in [0, 0.05) is 42.3 Å². The summed E-state index contributed by atoms with van der Waals surface area (Å²) in [5.41, 5.74) is 3.63. The molecular formula is C23H43N3O4S. The van der Waals surface area contributed by atoms with E-state index in [4.69, 9.17) is 4.18 Å². The molecule has 0 aromatic heterocycles. The molecule has 0 unspecified atom stereocenters. The maximum absolute atomic E-state index is 12.4. The third-order valence-electron chi connectivity index (χ3n) is 5.82. The standard InChI is InChI=1S/C20H37N3O2S.C3H6O2/c1-8-22-12-13-23(19(22)24)18-10-9-17(15-16(18)2)21-11-14-25-26(6,7)20(3,4)5;1-2-5-3-4/h15,21H,8-14H2,1-7H3;3H,2H2,1H3. The number of likely N-dealkylation sites (N-methyl/N-ethyl adjacent to an activating group) is 1. The number of rotatable bonds is 9. The fourth-order valence-electron chi connectivity index (χ4n) is 3.19. The van der Waals surface area contributed by atoms with Crippen LogP contribution in [0.4, 0.5) is 4.79 Å². The SMILES string of the molecule is CCN1CCN(C2=C(C)C=C(NCCOS(C)(C)C(C)(C)C)CC2)C1=O.CCOC=O. The van der Waals surface area contributed by atoms with Gasteiger partial charge in [0.2, 0.25) is 0 Å². The van der Waals surface area contributed by atoms with E-state index in [1.807, 2.05) is 16.7 Å².